The lowest BCUT2D eigenvalue weighted by Crippen LogP contribution is -2.60. The fourth-order valence-corrected chi connectivity index (χ4v) is 10.5. The summed E-state index contributed by atoms with van der Waals surface area (Å²) in [7, 11) is 0. The minimum Gasteiger partial charge on any atom is -0.479 e. The topological polar surface area (TPSA) is 183 Å². The molecule has 5 N–H and O–H groups in total. The van der Waals surface area contributed by atoms with Crippen molar-refractivity contribution in [2.24, 2.45) is 17.8 Å². The van der Waals surface area contributed by atoms with Crippen LogP contribution < -0.4 is 0 Å². The van der Waals surface area contributed by atoms with Gasteiger partial charge in [-0.25, -0.2) is 4.79 Å². The molecule has 0 aromatic carbocycles. The van der Waals surface area contributed by atoms with Crippen LogP contribution >= 0.6 is 0 Å². The molecule has 0 radical (unpaired) electrons. The van der Waals surface area contributed by atoms with Crippen LogP contribution in [0.2, 0.25) is 0 Å². The van der Waals surface area contributed by atoms with Crippen LogP contribution in [0.3, 0.4) is 0 Å². The summed E-state index contributed by atoms with van der Waals surface area (Å²) in [6, 6.07) is 0. The van der Waals surface area contributed by atoms with Crippen molar-refractivity contribution in [2.45, 2.75) is 209 Å². The number of carbonyl (C=O) groups is 1. The van der Waals surface area contributed by atoms with Crippen molar-refractivity contribution in [3.63, 3.8) is 0 Å². The number of carboxylic acids is 1. The predicted molar refractivity (Wildman–Crippen MR) is 208 cm³/mol. The van der Waals surface area contributed by atoms with Crippen LogP contribution in [-0.4, -0.2) is 122 Å². The lowest BCUT2D eigenvalue weighted by molar-refractivity contribution is -0.321. The molecular weight excluding hydrogens is 736 g/mol. The van der Waals surface area contributed by atoms with Crippen molar-refractivity contribution in [1.29, 1.82) is 0 Å². The summed E-state index contributed by atoms with van der Waals surface area (Å²) in [6.07, 6.45) is 9.37. The smallest absolute Gasteiger partial charge is 0.335 e. The summed E-state index contributed by atoms with van der Waals surface area (Å²) in [5.74, 6) is -3.82. The zero-order valence-electron chi connectivity index (χ0n) is 34.6. The van der Waals surface area contributed by atoms with E-state index in [0.717, 1.165) is 50.7 Å². The second-order valence-corrected chi connectivity index (χ2v) is 18.9. The molecule has 13 heteroatoms. The van der Waals surface area contributed by atoms with Crippen LogP contribution in [0.25, 0.3) is 0 Å². The van der Waals surface area contributed by atoms with Gasteiger partial charge in [-0.15, -0.1) is 0 Å². The Morgan fingerprint density at radius 1 is 1.00 bits per heavy atom. The van der Waals surface area contributed by atoms with E-state index in [1.54, 1.807) is 6.08 Å². The van der Waals surface area contributed by atoms with E-state index in [4.69, 9.17) is 33.2 Å². The van der Waals surface area contributed by atoms with Gasteiger partial charge >= 0.3 is 5.97 Å². The molecular formula is C44H68O13. The molecule has 6 fully saturated rings. The third-order valence-electron chi connectivity index (χ3n) is 14.0. The van der Waals surface area contributed by atoms with Gasteiger partial charge in [-0.1, -0.05) is 45.1 Å². The monoisotopic (exact) mass is 804 g/mol. The maximum absolute atomic E-state index is 11.6. The zero-order valence-corrected chi connectivity index (χ0v) is 34.6. The minimum atomic E-state index is -1.96. The largest absolute Gasteiger partial charge is 0.479 e. The first kappa shape index (κ1) is 43.3. The number of aliphatic hydroxyl groups is 4. The average molecular weight is 805 g/mol. The van der Waals surface area contributed by atoms with Gasteiger partial charge in [0.1, 0.15) is 24.4 Å². The molecule has 3 spiro atoms. The minimum absolute atomic E-state index is 0.0423. The van der Waals surface area contributed by atoms with Crippen LogP contribution in [0, 0.1) is 17.8 Å². The van der Waals surface area contributed by atoms with Crippen LogP contribution in [0.4, 0.5) is 0 Å². The molecule has 0 unspecified atom stereocenters. The molecule has 7 rings (SSSR count). The van der Waals surface area contributed by atoms with Gasteiger partial charge in [-0.2, -0.15) is 0 Å². The van der Waals surface area contributed by atoms with Gasteiger partial charge in [0.25, 0.3) is 0 Å². The molecule has 17 atom stereocenters. The molecule has 7 aliphatic rings. The van der Waals surface area contributed by atoms with E-state index in [-0.39, 0.29) is 36.6 Å². The molecule has 0 aromatic rings. The number of carboxylic acid groups (broad SMARTS) is 1. The predicted octanol–water partition coefficient (Wildman–Crippen LogP) is 5.21. The molecule has 0 aliphatic carbocycles. The first-order chi connectivity index (χ1) is 26.9. The fourth-order valence-electron chi connectivity index (χ4n) is 10.5. The van der Waals surface area contributed by atoms with Gasteiger partial charge in [0, 0.05) is 38.0 Å². The molecule has 6 saturated heterocycles. The van der Waals surface area contributed by atoms with E-state index in [9.17, 15) is 30.3 Å². The van der Waals surface area contributed by atoms with E-state index >= 15 is 0 Å². The van der Waals surface area contributed by atoms with Crippen LogP contribution in [0.15, 0.2) is 36.0 Å². The highest BCUT2D eigenvalue weighted by molar-refractivity contribution is 5.76. The quantitative estimate of drug-likeness (QED) is 0.182. The van der Waals surface area contributed by atoms with E-state index in [2.05, 4.69) is 26.5 Å². The van der Waals surface area contributed by atoms with Crippen LogP contribution in [-0.2, 0) is 38.0 Å². The van der Waals surface area contributed by atoms with Gasteiger partial charge in [0.05, 0.1) is 43.2 Å². The second-order valence-electron chi connectivity index (χ2n) is 18.9. The Morgan fingerprint density at radius 2 is 1.75 bits per heavy atom. The first-order valence-corrected chi connectivity index (χ1v) is 21.7. The summed E-state index contributed by atoms with van der Waals surface area (Å²) in [5.41, 5.74) is -0.551. The van der Waals surface area contributed by atoms with Crippen LogP contribution in [0.1, 0.15) is 125 Å². The average Bonchev–Trinajstić information content (AvgIpc) is 3.56. The molecule has 322 valence electrons. The molecule has 7 heterocycles. The molecule has 57 heavy (non-hydrogen) atoms. The Bertz CT molecular complexity index is 1510. The third kappa shape index (κ3) is 9.15. The fraction of sp³-hybridized carbons (Fsp3) is 0.841. The number of rotatable bonds is 10. The highest BCUT2D eigenvalue weighted by Gasteiger charge is 2.55. The molecule has 0 saturated carbocycles. The molecule has 0 amide bonds. The Labute approximate surface area is 337 Å². The summed E-state index contributed by atoms with van der Waals surface area (Å²) in [5, 5.41) is 54.0. The summed E-state index contributed by atoms with van der Waals surface area (Å²) in [4.78, 5) is 11.6. The van der Waals surface area contributed by atoms with Crippen molar-refractivity contribution in [2.75, 3.05) is 6.61 Å². The Morgan fingerprint density at radius 3 is 2.49 bits per heavy atom. The molecule has 0 bridgehead atoms. The van der Waals surface area contributed by atoms with Gasteiger partial charge in [-0.05, 0) is 95.1 Å². The van der Waals surface area contributed by atoms with Crippen molar-refractivity contribution in [1.82, 2.24) is 0 Å². The zero-order chi connectivity index (χ0) is 40.9. The normalized spacial score (nSPS) is 45.4. The lowest BCUT2D eigenvalue weighted by Gasteiger charge is -2.50. The summed E-state index contributed by atoms with van der Waals surface area (Å²) >= 11 is 0. The highest BCUT2D eigenvalue weighted by Crippen LogP contribution is 2.47. The summed E-state index contributed by atoms with van der Waals surface area (Å²) in [6.45, 7) is 14.5. The number of fused-ring (bicyclic) bond motifs is 1. The second kappa shape index (κ2) is 17.0. The van der Waals surface area contributed by atoms with Crippen LogP contribution in [0.5, 0.6) is 0 Å². The lowest BCUT2D eigenvalue weighted by atomic mass is 9.79. The highest BCUT2D eigenvalue weighted by atomic mass is 16.7. The number of ether oxygens (including phenoxy) is 7. The van der Waals surface area contributed by atoms with Crippen molar-refractivity contribution >= 4 is 5.97 Å². The summed E-state index contributed by atoms with van der Waals surface area (Å²) < 4.78 is 45.2. The Hall–Kier alpha value is -1.75. The Kier molecular flexibility index (Phi) is 12.9. The van der Waals surface area contributed by atoms with Gasteiger partial charge in [-0.3, -0.25) is 0 Å². The van der Waals surface area contributed by atoms with Gasteiger partial charge < -0.3 is 58.7 Å². The molecule has 0 aromatic heterocycles. The van der Waals surface area contributed by atoms with Crippen molar-refractivity contribution < 1.29 is 63.5 Å². The van der Waals surface area contributed by atoms with Crippen molar-refractivity contribution in [3.8, 4) is 0 Å². The van der Waals surface area contributed by atoms with E-state index < -0.39 is 71.7 Å². The van der Waals surface area contributed by atoms with E-state index in [0.29, 0.717) is 56.4 Å². The van der Waals surface area contributed by atoms with Crippen molar-refractivity contribution in [3.05, 3.63) is 36.0 Å². The van der Waals surface area contributed by atoms with Gasteiger partial charge in [0.15, 0.2) is 17.2 Å². The number of aliphatic hydroxyl groups excluding tert-OH is 3. The third-order valence-corrected chi connectivity index (χ3v) is 14.0. The number of aliphatic carboxylic acids is 1. The first-order valence-electron chi connectivity index (χ1n) is 21.7. The standard InChI is InChI=1S/C44H68O13/c1-25-21-34(55-44(23-25)35(46)12-11-31(54-44)24-41(6,50)40(48)49)26(2)9-10-30-14-18-43(53-30)19-15-33-39(57-43)36(47)29(5)38(52-33)32(45)22-28(4)37-27(3)13-17-42(56-37)16-7-8-20-51-42/h9-10,23,26-28,30-39,45-47,50H,5,7-8,11-22,24H2,1-4,6H3,(H,48,49)/b10-9+/t26-,27-,28+,30+,31-,32+,33-,34+,35-,36-,37+,38+,39-,41-,42+,43-,44-/m1/s1. The maximum atomic E-state index is 11.6. The van der Waals surface area contributed by atoms with E-state index in [1.807, 2.05) is 19.9 Å². The van der Waals surface area contributed by atoms with Gasteiger partial charge in [0.2, 0.25) is 5.79 Å². The maximum Gasteiger partial charge on any atom is 0.335 e. The van der Waals surface area contributed by atoms with E-state index in [1.165, 1.54) is 6.92 Å². The molecule has 7 aliphatic heterocycles. The SMILES string of the molecule is C=C1[C@@H](O)[C@@H]2O[C@]3(CC[C@H](/C=C/[C@@H](C)[C@@H]4CC(C)=C[C@@]5(O[C@@H](C[C@@](C)(O)C(=O)O)CC[C@H]5O)O4)O3)CC[C@H]2O[C@@H]1[C@@H](O)C[C@H](C)[C@H]1O[C@@]2(CCCCO2)CC[C@H]1C. The Balaban J connectivity index is 0.920. The number of hydrogen-bond acceptors (Lipinski definition) is 12. The molecule has 13 nitrogen and oxygen atoms in total. The number of hydrogen-bond donors (Lipinski definition) is 5.